The Morgan fingerprint density at radius 1 is 1.48 bits per heavy atom. The summed E-state index contributed by atoms with van der Waals surface area (Å²) in [5.41, 5.74) is 0.459. The van der Waals surface area contributed by atoms with Gasteiger partial charge in [-0.3, -0.25) is 0 Å². The molecule has 2 rings (SSSR count). The molecule has 0 atom stereocenters. The van der Waals surface area contributed by atoms with Crippen LogP contribution in [-0.4, -0.2) is 49.9 Å². The zero-order chi connectivity index (χ0) is 14.9. The maximum Gasteiger partial charge on any atom is 0.341 e. The fourth-order valence-corrected chi connectivity index (χ4v) is 2.28. The van der Waals surface area contributed by atoms with E-state index in [0.29, 0.717) is 37.2 Å². The summed E-state index contributed by atoms with van der Waals surface area (Å²) in [4.78, 5) is 16.0. The first-order valence-corrected chi connectivity index (χ1v) is 7.49. The summed E-state index contributed by atoms with van der Waals surface area (Å²) in [6.07, 6.45) is 4.09. The van der Waals surface area contributed by atoms with Crippen molar-refractivity contribution in [3.05, 3.63) is 23.9 Å². The second kappa shape index (κ2) is 8.59. The number of nitrogens with one attached hydrogen (secondary N) is 2. The lowest BCUT2D eigenvalue weighted by Gasteiger charge is -2.23. The Kier molecular flexibility index (Phi) is 6.43. The molecular weight excluding hydrogens is 270 g/mol. The lowest BCUT2D eigenvalue weighted by atomic mass is 10.1. The first kappa shape index (κ1) is 15.7. The van der Waals surface area contributed by atoms with E-state index < -0.39 is 0 Å². The largest absolute Gasteiger partial charge is 0.462 e. The van der Waals surface area contributed by atoms with Gasteiger partial charge in [-0.1, -0.05) is 0 Å². The van der Waals surface area contributed by atoms with Crippen LogP contribution < -0.4 is 10.6 Å². The van der Waals surface area contributed by atoms with E-state index in [1.807, 2.05) is 0 Å². The zero-order valence-corrected chi connectivity index (χ0v) is 12.4. The predicted molar refractivity (Wildman–Crippen MR) is 80.5 cm³/mol. The van der Waals surface area contributed by atoms with Gasteiger partial charge < -0.3 is 20.1 Å². The Bertz CT molecular complexity index is 448. The minimum absolute atomic E-state index is 0.335. The average molecular weight is 293 g/mol. The molecule has 2 N–H and O–H groups in total. The lowest BCUT2D eigenvalue weighted by molar-refractivity contribution is 0.0393. The van der Waals surface area contributed by atoms with Gasteiger partial charge in [-0.2, -0.15) is 0 Å². The van der Waals surface area contributed by atoms with E-state index in [9.17, 15) is 4.79 Å². The number of piperidine rings is 1. The van der Waals surface area contributed by atoms with Crippen LogP contribution in [0.3, 0.4) is 0 Å². The van der Waals surface area contributed by atoms with Crippen molar-refractivity contribution in [1.82, 2.24) is 10.3 Å². The number of esters is 1. The zero-order valence-electron chi connectivity index (χ0n) is 12.4. The third-order valence-electron chi connectivity index (χ3n) is 3.34. The molecule has 0 spiro atoms. The quantitative estimate of drug-likeness (QED) is 0.585. The minimum atomic E-state index is -0.354. The summed E-state index contributed by atoms with van der Waals surface area (Å²) in [5.74, 6) is 0.192. The highest BCUT2D eigenvalue weighted by molar-refractivity contribution is 5.94. The summed E-state index contributed by atoms with van der Waals surface area (Å²) in [7, 11) is 0. The van der Waals surface area contributed by atoms with Crippen molar-refractivity contribution in [2.45, 2.75) is 25.9 Å². The highest BCUT2D eigenvalue weighted by Gasteiger charge is 2.14. The predicted octanol–water partition coefficient (Wildman–Crippen LogP) is 1.44. The van der Waals surface area contributed by atoms with E-state index >= 15 is 0 Å². The molecule has 21 heavy (non-hydrogen) atoms. The van der Waals surface area contributed by atoms with E-state index in [0.717, 1.165) is 25.9 Å². The van der Waals surface area contributed by atoms with Gasteiger partial charge >= 0.3 is 5.97 Å². The van der Waals surface area contributed by atoms with Crippen LogP contribution in [-0.2, 0) is 9.47 Å². The number of aromatic nitrogens is 1. The Morgan fingerprint density at radius 2 is 2.29 bits per heavy atom. The molecule has 1 saturated heterocycles. The molecule has 1 fully saturated rings. The second-order valence-corrected chi connectivity index (χ2v) is 4.87. The van der Waals surface area contributed by atoms with Crippen LogP contribution in [0.4, 0.5) is 5.82 Å². The van der Waals surface area contributed by atoms with Gasteiger partial charge in [0.1, 0.15) is 11.4 Å². The van der Waals surface area contributed by atoms with Gasteiger partial charge in [0.25, 0.3) is 0 Å². The number of carbonyl (C=O) groups is 1. The first-order valence-electron chi connectivity index (χ1n) is 7.49. The molecule has 0 unspecified atom stereocenters. The number of rotatable bonds is 7. The Balaban J connectivity index is 1.78. The van der Waals surface area contributed by atoms with Gasteiger partial charge in [0.15, 0.2) is 0 Å². The van der Waals surface area contributed by atoms with Crippen molar-refractivity contribution in [3.8, 4) is 0 Å². The Labute approximate surface area is 125 Å². The fraction of sp³-hybridized carbons (Fsp3) is 0.600. The molecule has 0 bridgehead atoms. The van der Waals surface area contributed by atoms with Gasteiger partial charge in [0, 0.05) is 12.7 Å². The molecular formula is C15H23N3O3. The third kappa shape index (κ3) is 4.99. The van der Waals surface area contributed by atoms with Crippen LogP contribution in [0.15, 0.2) is 18.3 Å². The summed E-state index contributed by atoms with van der Waals surface area (Å²) < 4.78 is 10.8. The summed E-state index contributed by atoms with van der Waals surface area (Å²) >= 11 is 0. The van der Waals surface area contributed by atoms with Crippen LogP contribution >= 0.6 is 0 Å². The van der Waals surface area contributed by atoms with Crippen molar-refractivity contribution < 1.29 is 14.3 Å². The van der Waals surface area contributed by atoms with E-state index in [4.69, 9.17) is 9.47 Å². The molecule has 6 nitrogen and oxygen atoms in total. The third-order valence-corrected chi connectivity index (χ3v) is 3.34. The number of hydrogen-bond donors (Lipinski definition) is 2. The molecule has 2 heterocycles. The number of anilines is 1. The molecule has 1 aromatic rings. The molecule has 0 radical (unpaired) electrons. The van der Waals surface area contributed by atoms with E-state index in [2.05, 4.69) is 15.6 Å². The monoisotopic (exact) mass is 293 g/mol. The smallest absolute Gasteiger partial charge is 0.341 e. The Hall–Kier alpha value is -1.66. The van der Waals surface area contributed by atoms with Crippen LogP contribution in [0.25, 0.3) is 0 Å². The van der Waals surface area contributed by atoms with Crippen molar-refractivity contribution in [1.29, 1.82) is 0 Å². The van der Waals surface area contributed by atoms with Crippen LogP contribution in [0.5, 0.6) is 0 Å². The fourth-order valence-electron chi connectivity index (χ4n) is 2.28. The number of hydrogen-bond acceptors (Lipinski definition) is 6. The molecule has 0 aliphatic carbocycles. The molecule has 6 heteroatoms. The maximum absolute atomic E-state index is 11.8. The summed E-state index contributed by atoms with van der Waals surface area (Å²) in [5, 5.41) is 6.45. The van der Waals surface area contributed by atoms with E-state index in [1.165, 1.54) is 0 Å². The Morgan fingerprint density at radius 3 is 3.05 bits per heavy atom. The van der Waals surface area contributed by atoms with Gasteiger partial charge in [0.2, 0.25) is 0 Å². The van der Waals surface area contributed by atoms with E-state index in [-0.39, 0.29) is 5.97 Å². The molecule has 116 valence electrons. The number of pyridine rings is 1. The lowest BCUT2D eigenvalue weighted by Crippen LogP contribution is -2.33. The van der Waals surface area contributed by atoms with Crippen molar-refractivity contribution in [3.63, 3.8) is 0 Å². The topological polar surface area (TPSA) is 72.5 Å². The normalized spacial score (nSPS) is 15.7. The van der Waals surface area contributed by atoms with Crippen LogP contribution in [0, 0.1) is 0 Å². The molecule has 1 aliphatic rings. The SMILES string of the molecule is CCOC(=O)c1cccnc1NCCOC1CCNCC1. The van der Waals surface area contributed by atoms with Gasteiger partial charge in [-0.15, -0.1) is 0 Å². The summed E-state index contributed by atoms with van der Waals surface area (Å²) in [6, 6.07) is 3.43. The molecule has 0 saturated carbocycles. The van der Waals surface area contributed by atoms with Gasteiger partial charge in [-0.05, 0) is 45.0 Å². The van der Waals surface area contributed by atoms with Gasteiger partial charge in [-0.25, -0.2) is 9.78 Å². The standard InChI is InChI=1S/C15H23N3O3/c1-2-20-15(19)13-4-3-7-17-14(13)18-10-11-21-12-5-8-16-9-6-12/h3-4,7,12,16H,2,5-6,8-11H2,1H3,(H,17,18). The van der Waals surface area contributed by atoms with Gasteiger partial charge in [0.05, 0.1) is 19.3 Å². The highest BCUT2D eigenvalue weighted by Crippen LogP contribution is 2.13. The number of nitrogens with zero attached hydrogens (tertiary/aromatic N) is 1. The molecule has 0 amide bonds. The molecule has 1 aliphatic heterocycles. The van der Waals surface area contributed by atoms with Crippen LogP contribution in [0.1, 0.15) is 30.1 Å². The van der Waals surface area contributed by atoms with Crippen LogP contribution in [0.2, 0.25) is 0 Å². The highest BCUT2D eigenvalue weighted by atomic mass is 16.5. The maximum atomic E-state index is 11.8. The van der Waals surface area contributed by atoms with Crippen molar-refractivity contribution >= 4 is 11.8 Å². The average Bonchev–Trinajstić information content (AvgIpc) is 2.53. The van der Waals surface area contributed by atoms with Crippen molar-refractivity contribution in [2.75, 3.05) is 38.2 Å². The minimum Gasteiger partial charge on any atom is -0.462 e. The number of ether oxygens (including phenoxy) is 2. The summed E-state index contributed by atoms with van der Waals surface area (Å²) in [6.45, 7) is 5.40. The first-order chi connectivity index (χ1) is 10.3. The second-order valence-electron chi connectivity index (χ2n) is 4.87. The molecule has 1 aromatic heterocycles. The van der Waals surface area contributed by atoms with Crippen molar-refractivity contribution in [2.24, 2.45) is 0 Å². The molecule has 0 aromatic carbocycles. The van der Waals surface area contributed by atoms with E-state index in [1.54, 1.807) is 25.3 Å². The number of carbonyl (C=O) groups excluding carboxylic acids is 1.